The van der Waals surface area contributed by atoms with Crippen LogP contribution in [0.1, 0.15) is 46.7 Å². The monoisotopic (exact) mass is 398 g/mol. The van der Waals surface area contributed by atoms with Gasteiger partial charge in [0, 0.05) is 12.3 Å². The lowest BCUT2D eigenvalue weighted by molar-refractivity contribution is -0.145. The van der Waals surface area contributed by atoms with E-state index < -0.39 is 24.3 Å². The summed E-state index contributed by atoms with van der Waals surface area (Å²) in [5, 5.41) is 0. The molecule has 0 radical (unpaired) electrons. The molecule has 0 atom stereocenters. The zero-order valence-corrected chi connectivity index (χ0v) is 16.3. The van der Waals surface area contributed by atoms with Crippen LogP contribution < -0.4 is 10.2 Å². The summed E-state index contributed by atoms with van der Waals surface area (Å²) in [5.74, 6) is -1.14. The molecule has 152 valence electrons. The third-order valence-electron chi connectivity index (χ3n) is 4.44. The number of hydrogen-bond donors (Lipinski definition) is 1. The van der Waals surface area contributed by atoms with Gasteiger partial charge in [-0.1, -0.05) is 26.0 Å². The Labute approximate surface area is 167 Å². The molecule has 3 rings (SSSR count). The van der Waals surface area contributed by atoms with Crippen molar-refractivity contribution >= 4 is 17.8 Å². The lowest BCUT2D eigenvalue weighted by atomic mass is 10.1. The van der Waals surface area contributed by atoms with Crippen LogP contribution in [0.3, 0.4) is 0 Å². The van der Waals surface area contributed by atoms with Crippen molar-refractivity contribution < 1.29 is 23.9 Å². The molecule has 2 amide bonds. The maximum absolute atomic E-state index is 12.3. The molecule has 1 aliphatic heterocycles. The van der Waals surface area contributed by atoms with Gasteiger partial charge in [-0.05, 0) is 24.5 Å². The van der Waals surface area contributed by atoms with Crippen LogP contribution in [0.2, 0.25) is 0 Å². The first kappa shape index (κ1) is 20.3. The largest absolute Gasteiger partial charge is 0.488 e. The second-order valence-electron chi connectivity index (χ2n) is 7.12. The summed E-state index contributed by atoms with van der Waals surface area (Å²) in [6, 6.07) is 7.67. The molecule has 0 aliphatic carbocycles. The molecule has 8 heteroatoms. The zero-order chi connectivity index (χ0) is 21.0. The first-order valence-electron chi connectivity index (χ1n) is 9.32. The first-order chi connectivity index (χ1) is 13.9. The number of carbonyl (C=O) groups excluding carboxylic acids is 3. The fourth-order valence-electron chi connectivity index (χ4n) is 2.82. The summed E-state index contributed by atoms with van der Waals surface area (Å²) >= 11 is 0. The number of hydrogen-bond acceptors (Lipinski definition) is 6. The van der Waals surface area contributed by atoms with E-state index in [2.05, 4.69) is 18.8 Å². The second-order valence-corrected chi connectivity index (χ2v) is 7.12. The van der Waals surface area contributed by atoms with Gasteiger partial charge >= 0.3 is 5.97 Å². The van der Waals surface area contributed by atoms with Crippen molar-refractivity contribution in [1.29, 1.82) is 0 Å². The van der Waals surface area contributed by atoms with Gasteiger partial charge in [0.1, 0.15) is 13.2 Å². The number of H-pyrrole nitrogens is 1. The van der Waals surface area contributed by atoms with Crippen molar-refractivity contribution in [3.63, 3.8) is 0 Å². The van der Waals surface area contributed by atoms with Gasteiger partial charge in [0.25, 0.3) is 11.8 Å². The molecular formula is C21H22N2O6. The number of nitrogens with one attached hydrogen (secondary N) is 1. The Hall–Kier alpha value is -3.42. The zero-order valence-electron chi connectivity index (χ0n) is 16.3. The maximum atomic E-state index is 12.3. The number of pyridine rings is 1. The van der Waals surface area contributed by atoms with E-state index in [9.17, 15) is 19.2 Å². The summed E-state index contributed by atoms with van der Waals surface area (Å²) in [7, 11) is 0. The van der Waals surface area contributed by atoms with Gasteiger partial charge in [0.15, 0.2) is 5.75 Å². The number of amides is 2. The van der Waals surface area contributed by atoms with Crippen LogP contribution in [0.4, 0.5) is 0 Å². The van der Waals surface area contributed by atoms with Gasteiger partial charge in [-0.2, -0.15) is 0 Å². The number of aromatic nitrogens is 1. The quantitative estimate of drug-likeness (QED) is 0.539. The number of imide groups is 1. The predicted octanol–water partition coefficient (Wildman–Crippen LogP) is 2.14. The van der Waals surface area contributed by atoms with Gasteiger partial charge in [0.2, 0.25) is 5.43 Å². The summed E-state index contributed by atoms with van der Waals surface area (Å²) in [4.78, 5) is 52.4. The van der Waals surface area contributed by atoms with Crippen LogP contribution in [-0.2, 0) is 16.1 Å². The molecule has 1 N–H and O–H groups in total. The SMILES string of the molecule is CC(C)CCOc1c[nH]c(COC(=O)CN2C(=O)c3ccccc3C2=O)cc1=O. The Bertz CT molecular complexity index is 960. The summed E-state index contributed by atoms with van der Waals surface area (Å²) in [5.41, 5.74) is 0.589. The Morgan fingerprint density at radius 3 is 2.34 bits per heavy atom. The molecule has 0 saturated carbocycles. The molecule has 29 heavy (non-hydrogen) atoms. The highest BCUT2D eigenvalue weighted by Gasteiger charge is 2.36. The van der Waals surface area contributed by atoms with E-state index in [4.69, 9.17) is 9.47 Å². The fourth-order valence-corrected chi connectivity index (χ4v) is 2.82. The van der Waals surface area contributed by atoms with Crippen LogP contribution in [0.25, 0.3) is 0 Å². The van der Waals surface area contributed by atoms with E-state index in [1.165, 1.54) is 24.4 Å². The number of esters is 1. The molecule has 1 aromatic heterocycles. The van der Waals surface area contributed by atoms with Gasteiger partial charge < -0.3 is 14.5 Å². The van der Waals surface area contributed by atoms with Gasteiger partial charge in [-0.25, -0.2) is 0 Å². The van der Waals surface area contributed by atoms with Crippen LogP contribution in [0.5, 0.6) is 5.75 Å². The smallest absolute Gasteiger partial charge is 0.326 e. The van der Waals surface area contributed by atoms with Gasteiger partial charge in [-0.3, -0.25) is 24.1 Å². The lowest BCUT2D eigenvalue weighted by Gasteiger charge is -2.13. The van der Waals surface area contributed by atoms with E-state index in [0.29, 0.717) is 18.2 Å². The van der Waals surface area contributed by atoms with Gasteiger partial charge in [0.05, 0.1) is 23.4 Å². The Kier molecular flexibility index (Phi) is 6.11. The minimum atomic E-state index is -0.752. The van der Waals surface area contributed by atoms with E-state index >= 15 is 0 Å². The molecule has 0 bridgehead atoms. The standard InChI is InChI=1S/C21H22N2O6/c1-13(2)7-8-28-18-10-22-14(9-17(18)24)12-29-19(25)11-23-20(26)15-5-3-4-6-16(15)21(23)27/h3-6,9-10,13H,7-8,11-12H2,1-2H3,(H,22,24). The van der Waals surface area contributed by atoms with Crippen LogP contribution in [-0.4, -0.2) is 40.8 Å². The Morgan fingerprint density at radius 2 is 1.76 bits per heavy atom. The average molecular weight is 398 g/mol. The molecule has 1 aliphatic rings. The van der Waals surface area contributed by atoms with Crippen molar-refractivity contribution in [2.24, 2.45) is 5.92 Å². The number of ether oxygens (including phenoxy) is 2. The topological polar surface area (TPSA) is 106 Å². The van der Waals surface area contributed by atoms with Gasteiger partial charge in [-0.15, -0.1) is 0 Å². The minimum Gasteiger partial charge on any atom is -0.488 e. The fraction of sp³-hybridized carbons (Fsp3) is 0.333. The highest BCUT2D eigenvalue weighted by atomic mass is 16.5. The number of fused-ring (bicyclic) bond motifs is 1. The highest BCUT2D eigenvalue weighted by Crippen LogP contribution is 2.22. The van der Waals surface area contributed by atoms with E-state index in [1.807, 2.05) is 0 Å². The molecule has 0 fully saturated rings. The van der Waals surface area contributed by atoms with Crippen LogP contribution in [0, 0.1) is 5.92 Å². The third kappa shape index (κ3) is 4.71. The molecular weight excluding hydrogens is 376 g/mol. The number of nitrogens with zero attached hydrogens (tertiary/aromatic N) is 1. The number of benzene rings is 1. The number of carbonyl (C=O) groups is 3. The normalized spacial score (nSPS) is 13.0. The third-order valence-corrected chi connectivity index (χ3v) is 4.44. The summed E-state index contributed by atoms with van der Waals surface area (Å²) in [6.07, 6.45) is 2.26. The van der Waals surface area contributed by atoms with Crippen molar-refractivity contribution in [2.75, 3.05) is 13.2 Å². The predicted molar refractivity (Wildman–Crippen MR) is 104 cm³/mol. The Morgan fingerprint density at radius 1 is 1.10 bits per heavy atom. The van der Waals surface area contributed by atoms with Crippen LogP contribution >= 0.6 is 0 Å². The van der Waals surface area contributed by atoms with Crippen molar-refractivity contribution in [2.45, 2.75) is 26.9 Å². The average Bonchev–Trinajstić information content (AvgIpc) is 2.93. The molecule has 0 unspecified atom stereocenters. The molecule has 0 spiro atoms. The summed E-state index contributed by atoms with van der Waals surface area (Å²) in [6.45, 7) is 3.88. The molecule has 2 heterocycles. The van der Waals surface area contributed by atoms with E-state index in [0.717, 1.165) is 11.3 Å². The minimum absolute atomic E-state index is 0.191. The number of aromatic amines is 1. The van der Waals surface area contributed by atoms with E-state index in [1.54, 1.807) is 12.1 Å². The first-order valence-corrected chi connectivity index (χ1v) is 9.32. The molecule has 0 saturated heterocycles. The number of rotatable bonds is 8. The maximum Gasteiger partial charge on any atom is 0.326 e. The highest BCUT2D eigenvalue weighted by molar-refractivity contribution is 6.22. The summed E-state index contributed by atoms with van der Waals surface area (Å²) < 4.78 is 10.5. The second kappa shape index (κ2) is 8.72. The molecule has 2 aromatic rings. The van der Waals surface area contributed by atoms with E-state index in [-0.39, 0.29) is 28.9 Å². The van der Waals surface area contributed by atoms with Crippen molar-refractivity contribution in [1.82, 2.24) is 9.88 Å². The molecule has 1 aromatic carbocycles. The Balaban J connectivity index is 1.54. The lowest BCUT2D eigenvalue weighted by Crippen LogP contribution is -2.35. The van der Waals surface area contributed by atoms with Crippen molar-refractivity contribution in [3.05, 3.63) is 63.6 Å². The van der Waals surface area contributed by atoms with Crippen molar-refractivity contribution in [3.8, 4) is 5.75 Å². The van der Waals surface area contributed by atoms with Crippen LogP contribution in [0.15, 0.2) is 41.3 Å². The molecule has 8 nitrogen and oxygen atoms in total.